The van der Waals surface area contributed by atoms with Gasteiger partial charge in [0.15, 0.2) is 0 Å². The van der Waals surface area contributed by atoms with Gasteiger partial charge < -0.3 is 5.32 Å². The topological polar surface area (TPSA) is 70.7 Å². The average Bonchev–Trinajstić information content (AvgIpc) is 3.03. The predicted octanol–water partition coefficient (Wildman–Crippen LogP) is 2.39. The van der Waals surface area contributed by atoms with E-state index in [0.717, 1.165) is 37.1 Å². The molecule has 5 nitrogen and oxygen atoms in total. The molecule has 1 aliphatic rings. The zero-order valence-corrected chi connectivity index (χ0v) is 12.9. The fourth-order valence-corrected chi connectivity index (χ4v) is 2.60. The van der Waals surface area contributed by atoms with Crippen LogP contribution in [0.2, 0.25) is 0 Å². The summed E-state index contributed by atoms with van der Waals surface area (Å²) in [5.74, 6) is -0.303. The Bertz CT molecular complexity index is 605. The number of hydrogen-bond donors (Lipinski definition) is 1. The van der Waals surface area contributed by atoms with Crippen LogP contribution in [0.3, 0.4) is 0 Å². The van der Waals surface area contributed by atoms with Crippen molar-refractivity contribution in [3.63, 3.8) is 0 Å². The zero-order chi connectivity index (χ0) is 15.4. The molecule has 1 aliphatic carbocycles. The van der Waals surface area contributed by atoms with Crippen LogP contribution in [0.5, 0.6) is 0 Å². The summed E-state index contributed by atoms with van der Waals surface area (Å²) in [6, 6.07) is 2.22. The molecular formula is C16H22N4O. The van der Waals surface area contributed by atoms with Crippen LogP contribution in [0.25, 0.3) is 6.08 Å². The van der Waals surface area contributed by atoms with Crippen molar-refractivity contribution in [3.8, 4) is 6.07 Å². The van der Waals surface area contributed by atoms with Crippen LogP contribution in [-0.2, 0) is 17.6 Å². The van der Waals surface area contributed by atoms with E-state index in [1.54, 1.807) is 6.08 Å². The summed E-state index contributed by atoms with van der Waals surface area (Å²) >= 11 is 0. The number of rotatable bonds is 5. The first-order valence-corrected chi connectivity index (χ1v) is 7.58. The molecule has 0 atom stereocenters. The van der Waals surface area contributed by atoms with Gasteiger partial charge in [-0.25, -0.2) is 0 Å². The number of carbonyl (C=O) groups is 1. The molecular weight excluding hydrogens is 264 g/mol. The predicted molar refractivity (Wildman–Crippen MR) is 81.5 cm³/mol. The fraction of sp³-hybridized carbons (Fsp3) is 0.562. The third-order valence-electron chi connectivity index (χ3n) is 3.64. The highest BCUT2D eigenvalue weighted by Crippen LogP contribution is 2.28. The highest BCUT2D eigenvalue weighted by molar-refractivity contribution is 6.01. The molecule has 0 aromatic carbocycles. The lowest BCUT2D eigenvalue weighted by atomic mass is 10.1. The van der Waals surface area contributed by atoms with Gasteiger partial charge in [0, 0.05) is 18.2 Å². The van der Waals surface area contributed by atoms with Crippen LogP contribution in [0, 0.1) is 11.3 Å². The second-order valence-corrected chi connectivity index (χ2v) is 5.63. The number of fused-ring (bicyclic) bond motifs is 1. The van der Waals surface area contributed by atoms with Crippen LogP contribution in [0.15, 0.2) is 5.57 Å². The molecule has 0 saturated heterocycles. The van der Waals surface area contributed by atoms with Gasteiger partial charge in [0.2, 0.25) is 0 Å². The SMILES string of the molecule is CCCNC(=O)/C(C#N)=C\c1c2c(nn1C(C)C)CCC2. The highest BCUT2D eigenvalue weighted by Gasteiger charge is 2.23. The van der Waals surface area contributed by atoms with Crippen LogP contribution in [-0.4, -0.2) is 22.2 Å². The Morgan fingerprint density at radius 2 is 2.29 bits per heavy atom. The standard InChI is InChI=1S/C16H22N4O/c1-4-8-18-16(21)12(10-17)9-15-13-6-5-7-14(13)19-20(15)11(2)3/h9,11H,4-8H2,1-3H3,(H,18,21)/b12-9-. The minimum atomic E-state index is -0.303. The lowest BCUT2D eigenvalue weighted by Crippen LogP contribution is -2.25. The number of carbonyl (C=O) groups excluding carboxylic acids is 1. The van der Waals surface area contributed by atoms with Crippen molar-refractivity contribution >= 4 is 12.0 Å². The third-order valence-corrected chi connectivity index (χ3v) is 3.64. The van der Waals surface area contributed by atoms with Gasteiger partial charge in [-0.2, -0.15) is 10.4 Å². The third kappa shape index (κ3) is 3.15. The monoisotopic (exact) mass is 286 g/mol. The summed E-state index contributed by atoms with van der Waals surface area (Å²) in [5, 5.41) is 16.6. The second kappa shape index (κ2) is 6.57. The summed E-state index contributed by atoms with van der Waals surface area (Å²) in [4.78, 5) is 12.0. The first kappa shape index (κ1) is 15.3. The van der Waals surface area contributed by atoms with E-state index in [4.69, 9.17) is 0 Å². The quantitative estimate of drug-likeness (QED) is 0.667. The number of nitriles is 1. The van der Waals surface area contributed by atoms with E-state index in [1.165, 1.54) is 5.56 Å². The number of nitrogens with one attached hydrogen (secondary N) is 1. The van der Waals surface area contributed by atoms with Crippen molar-refractivity contribution in [2.24, 2.45) is 0 Å². The first-order chi connectivity index (χ1) is 10.1. The Balaban J connectivity index is 2.38. The molecule has 1 aromatic rings. The summed E-state index contributed by atoms with van der Waals surface area (Å²) < 4.78 is 1.92. The van der Waals surface area contributed by atoms with Crippen molar-refractivity contribution < 1.29 is 4.79 Å². The van der Waals surface area contributed by atoms with Crippen LogP contribution >= 0.6 is 0 Å². The Kier molecular flexibility index (Phi) is 4.79. The number of amides is 1. The normalized spacial score (nSPS) is 14.1. The molecule has 0 spiro atoms. The molecule has 0 saturated carbocycles. The molecule has 0 bridgehead atoms. The lowest BCUT2D eigenvalue weighted by Gasteiger charge is -2.10. The Morgan fingerprint density at radius 1 is 1.52 bits per heavy atom. The molecule has 112 valence electrons. The molecule has 0 aliphatic heterocycles. The van der Waals surface area contributed by atoms with Gasteiger partial charge in [-0.1, -0.05) is 6.92 Å². The maximum Gasteiger partial charge on any atom is 0.262 e. The maximum absolute atomic E-state index is 12.0. The second-order valence-electron chi connectivity index (χ2n) is 5.63. The molecule has 2 rings (SSSR count). The van der Waals surface area contributed by atoms with E-state index < -0.39 is 0 Å². The average molecular weight is 286 g/mol. The fourth-order valence-electron chi connectivity index (χ4n) is 2.60. The van der Waals surface area contributed by atoms with Gasteiger partial charge in [0.05, 0.1) is 11.4 Å². The Hall–Kier alpha value is -2.09. The van der Waals surface area contributed by atoms with Crippen molar-refractivity contribution in [1.82, 2.24) is 15.1 Å². The Labute approximate surface area is 125 Å². The van der Waals surface area contributed by atoms with Crippen LogP contribution in [0.1, 0.15) is 56.6 Å². The van der Waals surface area contributed by atoms with Crippen molar-refractivity contribution in [2.45, 2.75) is 52.5 Å². The van der Waals surface area contributed by atoms with E-state index in [0.29, 0.717) is 6.54 Å². The van der Waals surface area contributed by atoms with Crippen LogP contribution < -0.4 is 5.32 Å². The van der Waals surface area contributed by atoms with Gasteiger partial charge in [-0.15, -0.1) is 0 Å². The number of hydrogen-bond acceptors (Lipinski definition) is 3. The summed E-state index contributed by atoms with van der Waals surface area (Å²) in [7, 11) is 0. The lowest BCUT2D eigenvalue weighted by molar-refractivity contribution is -0.117. The smallest absolute Gasteiger partial charge is 0.262 e. The molecule has 0 fully saturated rings. The maximum atomic E-state index is 12.0. The van der Waals surface area contributed by atoms with Gasteiger partial charge in [-0.05, 0) is 45.6 Å². The highest BCUT2D eigenvalue weighted by atomic mass is 16.1. The van der Waals surface area contributed by atoms with Crippen molar-refractivity contribution in [1.29, 1.82) is 5.26 Å². The Morgan fingerprint density at radius 3 is 2.90 bits per heavy atom. The minimum Gasteiger partial charge on any atom is -0.351 e. The van der Waals surface area contributed by atoms with E-state index in [1.807, 2.05) is 17.7 Å². The molecule has 1 heterocycles. The molecule has 1 aromatic heterocycles. The number of aryl methyl sites for hydroxylation is 1. The van der Waals surface area contributed by atoms with E-state index in [9.17, 15) is 10.1 Å². The number of aromatic nitrogens is 2. The summed E-state index contributed by atoms with van der Waals surface area (Å²) in [5.41, 5.74) is 3.38. The summed E-state index contributed by atoms with van der Waals surface area (Å²) in [6.07, 6.45) is 5.61. The molecule has 1 N–H and O–H groups in total. The van der Waals surface area contributed by atoms with E-state index >= 15 is 0 Å². The minimum absolute atomic E-state index is 0.153. The first-order valence-electron chi connectivity index (χ1n) is 7.58. The summed E-state index contributed by atoms with van der Waals surface area (Å²) in [6.45, 7) is 6.68. The molecule has 5 heteroatoms. The van der Waals surface area contributed by atoms with Crippen molar-refractivity contribution in [2.75, 3.05) is 6.54 Å². The van der Waals surface area contributed by atoms with E-state index in [-0.39, 0.29) is 17.5 Å². The molecule has 0 radical (unpaired) electrons. The molecule has 21 heavy (non-hydrogen) atoms. The molecule has 1 amide bonds. The number of nitrogens with zero attached hydrogens (tertiary/aromatic N) is 3. The van der Waals surface area contributed by atoms with Gasteiger partial charge >= 0.3 is 0 Å². The van der Waals surface area contributed by atoms with Crippen molar-refractivity contribution in [3.05, 3.63) is 22.5 Å². The van der Waals surface area contributed by atoms with Gasteiger partial charge in [0.1, 0.15) is 11.6 Å². The molecule has 0 unspecified atom stereocenters. The van der Waals surface area contributed by atoms with Gasteiger partial charge in [0.25, 0.3) is 5.91 Å². The van der Waals surface area contributed by atoms with Gasteiger partial charge in [-0.3, -0.25) is 9.48 Å². The largest absolute Gasteiger partial charge is 0.351 e. The zero-order valence-electron chi connectivity index (χ0n) is 12.9. The van der Waals surface area contributed by atoms with E-state index in [2.05, 4.69) is 24.3 Å². The van der Waals surface area contributed by atoms with Crippen LogP contribution in [0.4, 0.5) is 0 Å².